The Morgan fingerprint density at radius 3 is 2.42 bits per heavy atom. The van der Waals surface area contributed by atoms with Crippen LogP contribution < -0.4 is 4.74 Å². The number of ether oxygens (including phenoxy) is 3. The van der Waals surface area contributed by atoms with Crippen molar-refractivity contribution >= 4 is 23.2 Å². The first-order valence-electron chi connectivity index (χ1n) is 15.2. The summed E-state index contributed by atoms with van der Waals surface area (Å²) in [7, 11) is 1.35. The molecule has 0 radical (unpaired) electrons. The van der Waals surface area contributed by atoms with Gasteiger partial charge in [0.05, 0.1) is 47.9 Å². The molecule has 2 fully saturated rings. The largest absolute Gasteiger partial charge is 0.507 e. The first-order chi connectivity index (χ1) is 21.4. The maximum absolute atomic E-state index is 13.8. The van der Waals surface area contributed by atoms with Crippen molar-refractivity contribution in [3.8, 4) is 17.2 Å². The lowest BCUT2D eigenvalue weighted by molar-refractivity contribution is -0.247. The summed E-state index contributed by atoms with van der Waals surface area (Å²) >= 11 is 0. The van der Waals surface area contributed by atoms with Crippen molar-refractivity contribution in [3.05, 3.63) is 51.6 Å². The second-order valence-corrected chi connectivity index (χ2v) is 12.4. The quantitative estimate of drug-likeness (QED) is 0.187. The highest BCUT2D eigenvalue weighted by molar-refractivity contribution is 6.31. The first kappa shape index (κ1) is 31.2. The molecule has 4 N–H and O–H groups in total. The van der Waals surface area contributed by atoms with Crippen LogP contribution in [0.1, 0.15) is 95.5 Å². The van der Waals surface area contributed by atoms with Crippen molar-refractivity contribution in [2.45, 2.75) is 89.1 Å². The number of hydrogen-bond donors (Lipinski definition) is 4. The molecule has 6 atom stereocenters. The predicted molar refractivity (Wildman–Crippen MR) is 160 cm³/mol. The van der Waals surface area contributed by atoms with Crippen LogP contribution in [0.2, 0.25) is 0 Å². The highest BCUT2D eigenvalue weighted by atomic mass is 16.7. The van der Waals surface area contributed by atoms with Gasteiger partial charge in [-0.25, -0.2) is 0 Å². The van der Waals surface area contributed by atoms with Crippen LogP contribution >= 0.6 is 0 Å². The number of aromatic hydroxyl groups is 2. The minimum absolute atomic E-state index is 0.00842. The molecule has 6 rings (SSSR count). The van der Waals surface area contributed by atoms with Crippen LogP contribution in [0.3, 0.4) is 0 Å². The van der Waals surface area contributed by atoms with Gasteiger partial charge >= 0.3 is 0 Å². The van der Waals surface area contributed by atoms with E-state index < -0.39 is 82.6 Å². The van der Waals surface area contributed by atoms with Crippen LogP contribution in [-0.2, 0) is 20.7 Å². The van der Waals surface area contributed by atoms with E-state index >= 15 is 0 Å². The number of Topliss-reactive ketones (excluding diaryl/α,β-unsaturated/α-hetero) is 1. The highest BCUT2D eigenvalue weighted by Crippen LogP contribution is 2.52. The lowest BCUT2D eigenvalue weighted by Crippen LogP contribution is -2.49. The number of aliphatic imine (C=N–C) groups is 1. The molecule has 0 spiro atoms. The van der Waals surface area contributed by atoms with Crippen molar-refractivity contribution in [3.63, 3.8) is 0 Å². The third kappa shape index (κ3) is 5.09. The number of aliphatic hydroxyl groups is 2. The van der Waals surface area contributed by atoms with E-state index in [1.54, 1.807) is 6.92 Å². The zero-order chi connectivity index (χ0) is 32.4. The van der Waals surface area contributed by atoms with Gasteiger partial charge in [0.1, 0.15) is 29.0 Å². The molecule has 45 heavy (non-hydrogen) atoms. The Morgan fingerprint density at radius 2 is 1.76 bits per heavy atom. The van der Waals surface area contributed by atoms with E-state index in [1.807, 2.05) is 6.92 Å². The molecule has 2 heterocycles. The molecule has 2 aliphatic carbocycles. The maximum atomic E-state index is 13.8. The Kier molecular flexibility index (Phi) is 7.97. The van der Waals surface area contributed by atoms with Crippen LogP contribution in [0.5, 0.6) is 17.2 Å². The van der Waals surface area contributed by atoms with Gasteiger partial charge in [-0.1, -0.05) is 12.1 Å². The molecular weight excluding hydrogens is 584 g/mol. The van der Waals surface area contributed by atoms with Crippen molar-refractivity contribution in [1.82, 2.24) is 4.90 Å². The number of methoxy groups -OCH3 is 1. The highest BCUT2D eigenvalue weighted by Gasteiger charge is 2.49. The van der Waals surface area contributed by atoms with Crippen LogP contribution in [0, 0.1) is 0 Å². The van der Waals surface area contributed by atoms with Crippen LogP contribution in [-0.4, -0.2) is 98.9 Å². The molecule has 0 saturated carbocycles. The average molecular weight is 623 g/mol. The molecule has 0 bridgehead atoms. The first-order valence-corrected chi connectivity index (χ1v) is 15.2. The summed E-state index contributed by atoms with van der Waals surface area (Å²) in [6, 6.07) is 3.90. The molecule has 2 aromatic rings. The number of ketones is 3. The van der Waals surface area contributed by atoms with Gasteiger partial charge in [0.2, 0.25) is 5.78 Å². The second kappa shape index (κ2) is 11.5. The number of benzene rings is 2. The van der Waals surface area contributed by atoms with E-state index in [1.165, 1.54) is 32.2 Å². The zero-order valence-corrected chi connectivity index (χ0v) is 25.7. The van der Waals surface area contributed by atoms with Crippen molar-refractivity contribution < 1.29 is 49.0 Å². The van der Waals surface area contributed by atoms with E-state index in [4.69, 9.17) is 19.2 Å². The van der Waals surface area contributed by atoms with Gasteiger partial charge < -0.3 is 39.5 Å². The van der Waals surface area contributed by atoms with Crippen molar-refractivity contribution in [2.24, 2.45) is 4.99 Å². The summed E-state index contributed by atoms with van der Waals surface area (Å²) in [5, 5.41) is 45.6. The fourth-order valence-corrected chi connectivity index (χ4v) is 7.09. The Balaban J connectivity index is 1.42. The van der Waals surface area contributed by atoms with Gasteiger partial charge in [0, 0.05) is 49.0 Å². The minimum atomic E-state index is -2.01. The van der Waals surface area contributed by atoms with Gasteiger partial charge in [-0.2, -0.15) is 0 Å². The Labute approximate surface area is 260 Å². The lowest BCUT2D eigenvalue weighted by atomic mass is 9.72. The number of fused-ring (bicyclic) bond motifs is 3. The van der Waals surface area contributed by atoms with E-state index in [-0.39, 0.29) is 40.8 Å². The Hall–Kier alpha value is -3.84. The average Bonchev–Trinajstić information content (AvgIpc) is 3.55. The summed E-state index contributed by atoms with van der Waals surface area (Å²) in [4.78, 5) is 47.2. The molecular formula is C33H38N2O10. The van der Waals surface area contributed by atoms with E-state index in [9.17, 15) is 34.8 Å². The van der Waals surface area contributed by atoms with Crippen LogP contribution in [0.25, 0.3) is 0 Å². The van der Waals surface area contributed by atoms with E-state index in [2.05, 4.69) is 4.90 Å². The number of phenols is 2. The van der Waals surface area contributed by atoms with Crippen LogP contribution in [0.15, 0.2) is 23.2 Å². The number of nitrogens with zero attached hydrogens (tertiary/aromatic N) is 2. The lowest BCUT2D eigenvalue weighted by Gasteiger charge is -2.42. The van der Waals surface area contributed by atoms with Gasteiger partial charge in [0.25, 0.3) is 0 Å². The number of likely N-dealkylation sites (tertiary alicyclic amines) is 1. The Bertz CT molecular complexity index is 1610. The predicted octanol–water partition coefficient (Wildman–Crippen LogP) is 2.58. The molecule has 2 aliphatic heterocycles. The zero-order valence-electron chi connectivity index (χ0n) is 25.7. The SMILES string of the molecule is COc1cccc2c1C(=O)c1c(O)c3c(c(O)c1C2=O)CC(O)(C(C)=O)C[C@@H]3OC1C[C@H](N=C(C)N2CCCC2)C(O)C(C)O1. The molecule has 240 valence electrons. The number of carbonyl (C=O) groups excluding carboxylic acids is 3. The molecule has 4 unspecified atom stereocenters. The topological polar surface area (TPSA) is 175 Å². The second-order valence-electron chi connectivity index (χ2n) is 12.4. The molecule has 4 aliphatic rings. The van der Waals surface area contributed by atoms with Crippen molar-refractivity contribution in [2.75, 3.05) is 20.2 Å². The minimum Gasteiger partial charge on any atom is -0.507 e. The number of hydrogen-bond acceptors (Lipinski definition) is 11. The summed E-state index contributed by atoms with van der Waals surface area (Å²) in [6.45, 7) is 6.56. The number of amidine groups is 1. The van der Waals surface area contributed by atoms with Gasteiger partial charge in [-0.05, 0) is 39.7 Å². The van der Waals surface area contributed by atoms with Gasteiger partial charge in [0.15, 0.2) is 17.9 Å². The number of aliphatic hydroxyl groups excluding tert-OH is 1. The third-order valence-corrected chi connectivity index (χ3v) is 9.64. The summed E-state index contributed by atoms with van der Waals surface area (Å²) in [6.07, 6.45) is -2.31. The van der Waals surface area contributed by atoms with E-state index in [0.29, 0.717) is 0 Å². The summed E-state index contributed by atoms with van der Waals surface area (Å²) in [5.74, 6) is -2.32. The Morgan fingerprint density at radius 1 is 1.07 bits per heavy atom. The molecule has 12 heteroatoms. The maximum Gasteiger partial charge on any atom is 0.202 e. The van der Waals surface area contributed by atoms with Gasteiger partial charge in [-0.3, -0.25) is 19.4 Å². The molecule has 2 saturated heterocycles. The summed E-state index contributed by atoms with van der Waals surface area (Å²) in [5.41, 5.74) is -2.99. The fourth-order valence-electron chi connectivity index (χ4n) is 7.09. The van der Waals surface area contributed by atoms with Crippen LogP contribution in [0.4, 0.5) is 0 Å². The third-order valence-electron chi connectivity index (χ3n) is 9.64. The molecule has 0 amide bonds. The molecule has 12 nitrogen and oxygen atoms in total. The fraction of sp³-hybridized carbons (Fsp3) is 0.515. The monoisotopic (exact) mass is 622 g/mol. The molecule has 2 aromatic carbocycles. The summed E-state index contributed by atoms with van der Waals surface area (Å²) < 4.78 is 17.6. The number of carbonyl (C=O) groups is 3. The standard InChI is InChI=1S/C33H38N2O10/c1-15-28(37)20(34-17(3)35-10-5-6-11-35)12-23(44-15)45-22-14-33(42,16(2)36)13-19-25(22)32(41)27-26(30(19)39)29(38)18-8-7-9-21(43-4)24(18)31(27)40/h7-9,15,20,22-23,28,37,39,41-42H,5-6,10-14H2,1-4H3/t15?,20-,22-,23?,28?,33?/m0/s1. The number of phenolic OH excluding ortho intramolecular Hbond substituents is 2. The van der Waals surface area contributed by atoms with E-state index in [0.717, 1.165) is 31.8 Å². The van der Waals surface area contributed by atoms with Gasteiger partial charge in [-0.15, -0.1) is 0 Å². The molecule has 0 aromatic heterocycles. The van der Waals surface area contributed by atoms with Crippen molar-refractivity contribution in [1.29, 1.82) is 0 Å². The smallest absolute Gasteiger partial charge is 0.202 e. The normalized spacial score (nSPS) is 29.7. The number of rotatable bonds is 5.